The smallest absolute Gasteiger partial charge is 0.187 e. The van der Waals surface area contributed by atoms with Crippen LogP contribution in [0.15, 0.2) is 47.6 Å². The molecule has 7 heteroatoms. The monoisotopic (exact) mass is 419 g/mol. The molecule has 0 bridgehead atoms. The van der Waals surface area contributed by atoms with E-state index in [0.29, 0.717) is 27.5 Å². The predicted octanol–water partition coefficient (Wildman–Crippen LogP) is 5.19. The van der Waals surface area contributed by atoms with Gasteiger partial charge in [-0.3, -0.25) is 5.43 Å². The second kappa shape index (κ2) is 10.4. The van der Waals surface area contributed by atoms with Gasteiger partial charge in [0.1, 0.15) is 18.2 Å². The summed E-state index contributed by atoms with van der Waals surface area (Å²) in [6.07, 6.45) is 7.81. The lowest BCUT2D eigenvalue weighted by atomic mass is 9.96. The molecule has 0 aromatic heterocycles. The fraction of sp³-hybridized carbons (Fsp3) is 0.333. The van der Waals surface area contributed by atoms with E-state index in [0.717, 1.165) is 18.4 Å². The number of hydrogen-bond donors (Lipinski definition) is 2. The van der Waals surface area contributed by atoms with E-state index in [1.54, 1.807) is 30.5 Å². The normalized spacial score (nSPS) is 14.8. The van der Waals surface area contributed by atoms with Gasteiger partial charge in [0.15, 0.2) is 5.11 Å². The van der Waals surface area contributed by atoms with Crippen LogP contribution in [0, 0.1) is 5.82 Å². The van der Waals surface area contributed by atoms with Crippen molar-refractivity contribution in [3.8, 4) is 5.75 Å². The van der Waals surface area contributed by atoms with Crippen LogP contribution in [0.5, 0.6) is 5.75 Å². The van der Waals surface area contributed by atoms with Gasteiger partial charge in [-0.25, -0.2) is 4.39 Å². The summed E-state index contributed by atoms with van der Waals surface area (Å²) < 4.78 is 19.4. The van der Waals surface area contributed by atoms with Gasteiger partial charge in [-0.1, -0.05) is 36.9 Å². The Hall–Kier alpha value is -2.18. The molecule has 28 heavy (non-hydrogen) atoms. The van der Waals surface area contributed by atoms with Crippen molar-refractivity contribution in [2.45, 2.75) is 44.8 Å². The SMILES string of the molecule is Fc1cccc(Cl)c1COc1ccc(/C=N/NC(=S)NC2CCCCC2)cc1. The van der Waals surface area contributed by atoms with Gasteiger partial charge in [-0.15, -0.1) is 0 Å². The number of hydrazone groups is 1. The molecule has 3 rings (SSSR count). The largest absolute Gasteiger partial charge is 0.489 e. The van der Waals surface area contributed by atoms with Crippen LogP contribution in [0.2, 0.25) is 5.02 Å². The van der Waals surface area contributed by atoms with Crippen LogP contribution >= 0.6 is 23.8 Å². The van der Waals surface area contributed by atoms with Crippen LogP contribution < -0.4 is 15.5 Å². The summed E-state index contributed by atoms with van der Waals surface area (Å²) in [5, 5.41) is 8.37. The molecule has 1 aliphatic rings. The Morgan fingerprint density at radius 1 is 1.18 bits per heavy atom. The van der Waals surface area contributed by atoms with Gasteiger partial charge in [0.25, 0.3) is 0 Å². The van der Waals surface area contributed by atoms with Crippen LogP contribution in [0.25, 0.3) is 0 Å². The Morgan fingerprint density at radius 2 is 1.93 bits per heavy atom. The molecule has 0 amide bonds. The van der Waals surface area contributed by atoms with Gasteiger partial charge in [-0.2, -0.15) is 5.10 Å². The van der Waals surface area contributed by atoms with E-state index in [4.69, 9.17) is 28.6 Å². The fourth-order valence-corrected chi connectivity index (χ4v) is 3.54. The minimum Gasteiger partial charge on any atom is -0.489 e. The summed E-state index contributed by atoms with van der Waals surface area (Å²) in [6.45, 7) is 0.0710. The zero-order valence-corrected chi connectivity index (χ0v) is 17.0. The van der Waals surface area contributed by atoms with Gasteiger partial charge < -0.3 is 10.1 Å². The summed E-state index contributed by atoms with van der Waals surface area (Å²) in [4.78, 5) is 0. The summed E-state index contributed by atoms with van der Waals surface area (Å²) in [5.41, 5.74) is 4.09. The average Bonchev–Trinajstić information content (AvgIpc) is 2.69. The number of thiocarbonyl (C=S) groups is 1. The van der Waals surface area contributed by atoms with E-state index in [-0.39, 0.29) is 12.4 Å². The highest BCUT2D eigenvalue weighted by Crippen LogP contribution is 2.21. The summed E-state index contributed by atoms with van der Waals surface area (Å²) in [5.74, 6) is 0.249. The summed E-state index contributed by atoms with van der Waals surface area (Å²) in [7, 11) is 0. The Kier molecular flexibility index (Phi) is 7.62. The number of halogens is 2. The Bertz CT molecular complexity index is 803. The molecule has 2 aromatic carbocycles. The highest BCUT2D eigenvalue weighted by molar-refractivity contribution is 7.80. The van der Waals surface area contributed by atoms with Crippen LogP contribution in [0.3, 0.4) is 0 Å². The van der Waals surface area contributed by atoms with Gasteiger partial charge >= 0.3 is 0 Å². The third-order valence-electron chi connectivity index (χ3n) is 4.65. The Labute approximate surface area is 175 Å². The number of ether oxygens (including phenoxy) is 1. The molecule has 0 saturated heterocycles. The maximum absolute atomic E-state index is 13.8. The van der Waals surface area contributed by atoms with Crippen molar-refractivity contribution in [1.82, 2.24) is 10.7 Å². The first-order valence-corrected chi connectivity index (χ1v) is 10.2. The van der Waals surface area contributed by atoms with E-state index in [2.05, 4.69) is 15.8 Å². The maximum Gasteiger partial charge on any atom is 0.187 e. The molecular weight excluding hydrogens is 397 g/mol. The molecule has 4 nitrogen and oxygen atoms in total. The number of hydrogen-bond acceptors (Lipinski definition) is 3. The van der Waals surface area contributed by atoms with Crippen molar-refractivity contribution in [1.29, 1.82) is 0 Å². The lowest BCUT2D eigenvalue weighted by molar-refractivity contribution is 0.300. The molecule has 1 fully saturated rings. The molecule has 0 atom stereocenters. The van der Waals surface area contributed by atoms with E-state index < -0.39 is 0 Å². The number of nitrogens with one attached hydrogen (secondary N) is 2. The van der Waals surface area contributed by atoms with Crippen LogP contribution in [0.1, 0.15) is 43.2 Å². The van der Waals surface area contributed by atoms with Gasteiger partial charge in [0.05, 0.1) is 11.2 Å². The minimum atomic E-state index is -0.375. The lowest BCUT2D eigenvalue weighted by Crippen LogP contribution is -2.40. The fourth-order valence-electron chi connectivity index (χ4n) is 3.11. The van der Waals surface area contributed by atoms with Gasteiger partial charge in [0, 0.05) is 11.6 Å². The van der Waals surface area contributed by atoms with Crippen molar-refractivity contribution >= 4 is 35.1 Å². The van der Waals surface area contributed by atoms with Crippen molar-refractivity contribution < 1.29 is 9.13 Å². The van der Waals surface area contributed by atoms with Crippen LogP contribution in [0.4, 0.5) is 4.39 Å². The van der Waals surface area contributed by atoms with E-state index in [9.17, 15) is 4.39 Å². The first-order valence-electron chi connectivity index (χ1n) is 9.37. The topological polar surface area (TPSA) is 45.6 Å². The van der Waals surface area contributed by atoms with Gasteiger partial charge in [-0.05, 0) is 67.0 Å². The van der Waals surface area contributed by atoms with E-state index >= 15 is 0 Å². The first-order chi connectivity index (χ1) is 13.6. The Morgan fingerprint density at radius 3 is 2.64 bits per heavy atom. The molecular formula is C21H23ClFN3OS. The third-order valence-corrected chi connectivity index (χ3v) is 5.21. The lowest BCUT2D eigenvalue weighted by Gasteiger charge is -2.23. The molecule has 2 N–H and O–H groups in total. The first kappa shape index (κ1) is 20.6. The van der Waals surface area contributed by atoms with Crippen molar-refractivity contribution in [3.63, 3.8) is 0 Å². The maximum atomic E-state index is 13.8. The van der Waals surface area contributed by atoms with Gasteiger partial charge in [0.2, 0.25) is 0 Å². The molecule has 0 radical (unpaired) electrons. The summed E-state index contributed by atoms with van der Waals surface area (Å²) in [6, 6.07) is 12.3. The van der Waals surface area contributed by atoms with Crippen LogP contribution in [-0.2, 0) is 6.61 Å². The molecule has 148 valence electrons. The zero-order chi connectivity index (χ0) is 19.8. The Balaban J connectivity index is 1.46. The predicted molar refractivity (Wildman–Crippen MR) is 116 cm³/mol. The molecule has 2 aromatic rings. The molecule has 0 unspecified atom stereocenters. The molecule has 0 spiro atoms. The molecule has 1 aliphatic carbocycles. The second-order valence-electron chi connectivity index (χ2n) is 6.74. The third kappa shape index (κ3) is 6.17. The van der Waals surface area contributed by atoms with E-state index in [1.807, 2.05) is 12.1 Å². The highest BCUT2D eigenvalue weighted by Gasteiger charge is 2.13. The molecule has 0 aliphatic heterocycles. The number of benzene rings is 2. The standard InChI is InChI=1S/C21H23ClFN3OS/c22-19-7-4-8-20(23)18(19)14-27-17-11-9-15(10-12-17)13-24-26-21(28)25-16-5-2-1-3-6-16/h4,7-13,16H,1-3,5-6,14H2,(H2,25,26,28)/b24-13+. The highest BCUT2D eigenvalue weighted by atomic mass is 35.5. The quantitative estimate of drug-likeness (QED) is 0.384. The van der Waals surface area contributed by atoms with Crippen LogP contribution in [-0.4, -0.2) is 17.4 Å². The van der Waals surface area contributed by atoms with Crippen molar-refractivity contribution in [2.24, 2.45) is 5.10 Å². The van der Waals surface area contributed by atoms with E-state index in [1.165, 1.54) is 25.3 Å². The number of nitrogens with zero attached hydrogens (tertiary/aromatic N) is 1. The molecule has 0 heterocycles. The zero-order valence-electron chi connectivity index (χ0n) is 15.5. The van der Waals surface area contributed by atoms with Crippen molar-refractivity contribution in [3.05, 3.63) is 64.4 Å². The second-order valence-corrected chi connectivity index (χ2v) is 7.55. The average molecular weight is 420 g/mol. The van der Waals surface area contributed by atoms with Crippen molar-refractivity contribution in [2.75, 3.05) is 0 Å². The number of rotatable bonds is 6. The molecule has 1 saturated carbocycles. The summed E-state index contributed by atoms with van der Waals surface area (Å²) >= 11 is 11.3. The minimum absolute atomic E-state index is 0.0710.